The molecule has 0 saturated heterocycles. The summed E-state index contributed by atoms with van der Waals surface area (Å²) in [7, 11) is 0. The largest absolute Gasteiger partial charge is 0.385 e. The quantitative estimate of drug-likeness (QED) is 0.257. The van der Waals surface area contributed by atoms with Crippen molar-refractivity contribution in [2.24, 2.45) is 0 Å². The number of rotatable bonds is 8. The summed E-state index contributed by atoms with van der Waals surface area (Å²) in [5.74, 6) is -0.283. The van der Waals surface area contributed by atoms with Crippen LogP contribution in [0.25, 0.3) is 11.1 Å². The number of carbonyl (C=O) groups is 1. The number of amides is 1. The van der Waals surface area contributed by atoms with E-state index in [1.165, 1.54) is 6.07 Å². The average Bonchev–Trinajstić information content (AvgIpc) is 2.86. The number of nitro benzene ring substituents is 1. The van der Waals surface area contributed by atoms with Crippen LogP contribution in [0, 0.1) is 17.0 Å². The Hall–Kier alpha value is -4.52. The SMILES string of the molecule is Cc1ccc(-c2ccccc2C(=O)Nc2ccc(NCCc3ccccn3)cc2)cc1[N+](=O)[O-]. The Bertz CT molecular complexity index is 1310. The number of pyridine rings is 1. The molecule has 1 heterocycles. The predicted molar refractivity (Wildman–Crippen MR) is 134 cm³/mol. The lowest BCUT2D eigenvalue weighted by Crippen LogP contribution is -2.13. The van der Waals surface area contributed by atoms with Crippen molar-refractivity contribution < 1.29 is 9.72 Å². The molecule has 0 unspecified atom stereocenters. The van der Waals surface area contributed by atoms with E-state index in [9.17, 15) is 14.9 Å². The first kappa shape index (κ1) is 22.7. The van der Waals surface area contributed by atoms with Crippen molar-refractivity contribution in [2.75, 3.05) is 17.2 Å². The van der Waals surface area contributed by atoms with E-state index in [-0.39, 0.29) is 11.6 Å². The van der Waals surface area contributed by atoms with Crippen LogP contribution in [0.1, 0.15) is 21.6 Å². The second-order valence-corrected chi connectivity index (χ2v) is 7.83. The highest BCUT2D eigenvalue weighted by Gasteiger charge is 2.17. The van der Waals surface area contributed by atoms with Crippen LogP contribution in [-0.4, -0.2) is 22.4 Å². The van der Waals surface area contributed by atoms with E-state index in [0.29, 0.717) is 27.9 Å². The zero-order valence-electron chi connectivity index (χ0n) is 18.7. The highest BCUT2D eigenvalue weighted by atomic mass is 16.6. The van der Waals surface area contributed by atoms with Crippen LogP contribution in [-0.2, 0) is 6.42 Å². The fraction of sp³-hybridized carbons (Fsp3) is 0.111. The summed E-state index contributed by atoms with van der Waals surface area (Å²) in [5.41, 5.74) is 4.93. The number of hydrogen-bond acceptors (Lipinski definition) is 5. The van der Waals surface area contributed by atoms with Crippen LogP contribution >= 0.6 is 0 Å². The lowest BCUT2D eigenvalue weighted by atomic mass is 9.97. The monoisotopic (exact) mass is 452 g/mol. The minimum atomic E-state index is -0.409. The van der Waals surface area contributed by atoms with E-state index in [1.54, 1.807) is 43.5 Å². The Morgan fingerprint density at radius 3 is 2.41 bits per heavy atom. The summed E-state index contributed by atoms with van der Waals surface area (Å²) >= 11 is 0. The highest BCUT2D eigenvalue weighted by Crippen LogP contribution is 2.29. The maximum absolute atomic E-state index is 13.0. The lowest BCUT2D eigenvalue weighted by molar-refractivity contribution is -0.385. The van der Waals surface area contributed by atoms with Gasteiger partial charge in [0.25, 0.3) is 11.6 Å². The molecule has 0 aliphatic carbocycles. The van der Waals surface area contributed by atoms with Gasteiger partial charge in [-0.05, 0) is 60.5 Å². The smallest absolute Gasteiger partial charge is 0.272 e. The molecule has 4 aromatic rings. The van der Waals surface area contributed by atoms with Crippen molar-refractivity contribution in [3.05, 3.63) is 118 Å². The van der Waals surface area contributed by atoms with Crippen molar-refractivity contribution in [2.45, 2.75) is 13.3 Å². The Labute approximate surface area is 197 Å². The first-order chi connectivity index (χ1) is 16.5. The van der Waals surface area contributed by atoms with Crippen LogP contribution in [0.15, 0.2) is 91.1 Å². The van der Waals surface area contributed by atoms with Gasteiger partial charge in [-0.3, -0.25) is 19.9 Å². The van der Waals surface area contributed by atoms with Gasteiger partial charge >= 0.3 is 0 Å². The van der Waals surface area contributed by atoms with E-state index in [4.69, 9.17) is 0 Å². The normalized spacial score (nSPS) is 10.5. The van der Waals surface area contributed by atoms with Crippen LogP contribution < -0.4 is 10.6 Å². The maximum atomic E-state index is 13.0. The number of carbonyl (C=O) groups excluding carboxylic acids is 1. The number of anilines is 2. The Morgan fingerprint density at radius 2 is 1.68 bits per heavy atom. The Kier molecular flexibility index (Phi) is 6.93. The van der Waals surface area contributed by atoms with Gasteiger partial charge in [-0.1, -0.05) is 36.4 Å². The second kappa shape index (κ2) is 10.4. The fourth-order valence-electron chi connectivity index (χ4n) is 3.66. The van der Waals surface area contributed by atoms with Crippen LogP contribution in [0.2, 0.25) is 0 Å². The molecule has 34 heavy (non-hydrogen) atoms. The van der Waals surface area contributed by atoms with Gasteiger partial charge in [-0.2, -0.15) is 0 Å². The molecular weight excluding hydrogens is 428 g/mol. The molecule has 7 heteroatoms. The third-order valence-electron chi connectivity index (χ3n) is 5.47. The topological polar surface area (TPSA) is 97.2 Å². The number of aryl methyl sites for hydroxylation is 1. The van der Waals surface area contributed by atoms with Crippen LogP contribution in [0.5, 0.6) is 0 Å². The van der Waals surface area contributed by atoms with Gasteiger partial charge < -0.3 is 10.6 Å². The van der Waals surface area contributed by atoms with Gasteiger partial charge in [-0.15, -0.1) is 0 Å². The van der Waals surface area contributed by atoms with E-state index < -0.39 is 4.92 Å². The Balaban J connectivity index is 1.44. The molecule has 0 saturated carbocycles. The van der Waals surface area contributed by atoms with Gasteiger partial charge in [0, 0.05) is 53.4 Å². The third kappa shape index (κ3) is 5.45. The summed E-state index contributed by atoms with van der Waals surface area (Å²) < 4.78 is 0. The van der Waals surface area contributed by atoms with Gasteiger partial charge in [-0.25, -0.2) is 0 Å². The highest BCUT2D eigenvalue weighted by molar-refractivity contribution is 6.08. The van der Waals surface area contributed by atoms with Crippen molar-refractivity contribution in [3.63, 3.8) is 0 Å². The molecule has 3 aromatic carbocycles. The molecule has 0 bridgehead atoms. The van der Waals surface area contributed by atoms with Gasteiger partial charge in [0.1, 0.15) is 0 Å². The second-order valence-electron chi connectivity index (χ2n) is 7.83. The van der Waals surface area contributed by atoms with E-state index in [1.807, 2.05) is 48.5 Å². The molecule has 4 rings (SSSR count). The molecule has 7 nitrogen and oxygen atoms in total. The average molecular weight is 453 g/mol. The van der Waals surface area contributed by atoms with E-state index in [0.717, 1.165) is 24.3 Å². The number of nitrogens with zero attached hydrogens (tertiary/aromatic N) is 2. The van der Waals surface area contributed by atoms with Crippen molar-refractivity contribution in [1.29, 1.82) is 0 Å². The van der Waals surface area contributed by atoms with E-state index >= 15 is 0 Å². The minimum Gasteiger partial charge on any atom is -0.385 e. The molecule has 0 spiro atoms. The molecule has 1 aromatic heterocycles. The number of benzene rings is 3. The lowest BCUT2D eigenvalue weighted by Gasteiger charge is -2.12. The Morgan fingerprint density at radius 1 is 0.941 bits per heavy atom. The molecule has 0 aliphatic rings. The zero-order chi connectivity index (χ0) is 23.9. The first-order valence-corrected chi connectivity index (χ1v) is 10.9. The van der Waals surface area contributed by atoms with Crippen molar-refractivity contribution >= 4 is 23.0 Å². The predicted octanol–water partition coefficient (Wildman–Crippen LogP) is 5.87. The molecule has 0 aliphatic heterocycles. The minimum absolute atomic E-state index is 0.0267. The first-order valence-electron chi connectivity index (χ1n) is 10.9. The fourth-order valence-corrected chi connectivity index (χ4v) is 3.66. The van der Waals surface area contributed by atoms with Crippen molar-refractivity contribution in [3.8, 4) is 11.1 Å². The molecule has 0 atom stereocenters. The summed E-state index contributed by atoms with van der Waals surface area (Å²) in [6, 6.07) is 25.4. The molecule has 1 amide bonds. The zero-order valence-corrected chi connectivity index (χ0v) is 18.7. The summed E-state index contributed by atoms with van der Waals surface area (Å²) in [5, 5.41) is 17.6. The van der Waals surface area contributed by atoms with Gasteiger partial charge in [0.2, 0.25) is 0 Å². The third-order valence-corrected chi connectivity index (χ3v) is 5.47. The van der Waals surface area contributed by atoms with Crippen molar-refractivity contribution in [1.82, 2.24) is 4.98 Å². The van der Waals surface area contributed by atoms with Gasteiger partial charge in [0.15, 0.2) is 0 Å². The molecule has 2 N–H and O–H groups in total. The van der Waals surface area contributed by atoms with E-state index in [2.05, 4.69) is 15.6 Å². The number of aromatic nitrogens is 1. The van der Waals surface area contributed by atoms with Gasteiger partial charge in [0.05, 0.1) is 4.92 Å². The maximum Gasteiger partial charge on any atom is 0.272 e. The van der Waals surface area contributed by atoms with Crippen LogP contribution in [0.4, 0.5) is 17.1 Å². The number of nitrogens with one attached hydrogen (secondary N) is 2. The molecule has 0 fully saturated rings. The number of hydrogen-bond donors (Lipinski definition) is 2. The summed E-state index contributed by atoms with van der Waals surface area (Å²) in [6.45, 7) is 2.44. The molecular formula is C27H24N4O3. The standard InChI is InChI=1S/C27H24N4O3/c1-19-9-10-20(18-26(19)31(33)34)24-7-2-3-8-25(24)27(32)30-23-13-11-22(12-14-23)29-17-15-21-6-4-5-16-28-21/h2-14,16,18,29H,15,17H2,1H3,(H,30,32). The summed E-state index contributed by atoms with van der Waals surface area (Å²) in [6.07, 6.45) is 2.60. The van der Waals surface area contributed by atoms with Crippen LogP contribution in [0.3, 0.4) is 0 Å². The molecule has 0 radical (unpaired) electrons. The number of nitro groups is 1. The summed E-state index contributed by atoms with van der Waals surface area (Å²) in [4.78, 5) is 28.3. The molecule has 170 valence electrons.